The Labute approximate surface area is 152 Å². The predicted octanol–water partition coefficient (Wildman–Crippen LogP) is 4.37. The highest BCUT2D eigenvalue weighted by Crippen LogP contribution is 2.21. The summed E-state index contributed by atoms with van der Waals surface area (Å²) in [6.45, 7) is 3.87. The quantitative estimate of drug-likeness (QED) is 0.667. The second kappa shape index (κ2) is 7.65. The molecule has 0 bridgehead atoms. The molecule has 0 saturated heterocycles. The highest BCUT2D eigenvalue weighted by Gasteiger charge is 2.07. The van der Waals surface area contributed by atoms with Crippen LogP contribution in [0.15, 0.2) is 54.6 Å². The smallest absolute Gasteiger partial charge is 0.337 e. The number of hydrogen-bond acceptors (Lipinski definition) is 6. The maximum Gasteiger partial charge on any atom is 0.337 e. The number of esters is 1. The van der Waals surface area contributed by atoms with Gasteiger partial charge in [0.25, 0.3) is 0 Å². The van der Waals surface area contributed by atoms with Crippen molar-refractivity contribution in [3.8, 4) is 0 Å². The van der Waals surface area contributed by atoms with Crippen molar-refractivity contribution in [2.75, 3.05) is 17.7 Å². The van der Waals surface area contributed by atoms with Gasteiger partial charge in [-0.15, -0.1) is 0 Å². The maximum atomic E-state index is 11.7. The van der Waals surface area contributed by atoms with Gasteiger partial charge in [0.2, 0.25) is 0 Å². The second-order valence-electron chi connectivity index (χ2n) is 5.87. The Morgan fingerprint density at radius 3 is 2.19 bits per heavy atom. The molecule has 0 radical (unpaired) electrons. The van der Waals surface area contributed by atoms with Crippen LogP contribution >= 0.6 is 0 Å². The zero-order chi connectivity index (χ0) is 18.5. The number of carbonyl (C=O) groups is 1. The Kier molecular flexibility index (Phi) is 5.12. The molecular formula is C20H20N4O2. The minimum absolute atomic E-state index is 0.380. The summed E-state index contributed by atoms with van der Waals surface area (Å²) in [5.41, 5.74) is 3.36. The first-order chi connectivity index (χ1) is 12.5. The van der Waals surface area contributed by atoms with Gasteiger partial charge in [0.15, 0.2) is 0 Å². The second-order valence-corrected chi connectivity index (χ2v) is 5.87. The summed E-state index contributed by atoms with van der Waals surface area (Å²) in [6, 6.07) is 17.0. The maximum absolute atomic E-state index is 11.7. The summed E-state index contributed by atoms with van der Waals surface area (Å²) in [7, 11) is 1.36. The van der Waals surface area contributed by atoms with E-state index in [9.17, 15) is 4.79 Å². The molecule has 1 aromatic heterocycles. The van der Waals surface area contributed by atoms with Crippen LogP contribution < -0.4 is 10.6 Å². The van der Waals surface area contributed by atoms with Crippen LogP contribution in [0.2, 0.25) is 0 Å². The first-order valence-corrected chi connectivity index (χ1v) is 8.18. The third-order valence-corrected chi connectivity index (χ3v) is 3.72. The van der Waals surface area contributed by atoms with Crippen LogP contribution in [0.25, 0.3) is 0 Å². The van der Waals surface area contributed by atoms with Gasteiger partial charge in [-0.1, -0.05) is 23.8 Å². The van der Waals surface area contributed by atoms with Crippen molar-refractivity contribution >= 4 is 29.0 Å². The molecule has 0 aliphatic carbocycles. The van der Waals surface area contributed by atoms with Gasteiger partial charge in [0.1, 0.15) is 17.5 Å². The number of carbonyl (C=O) groups excluding carboxylic acids is 1. The Bertz CT molecular complexity index is 923. The van der Waals surface area contributed by atoms with E-state index < -0.39 is 0 Å². The molecule has 132 valence electrons. The summed E-state index contributed by atoms with van der Waals surface area (Å²) in [6.07, 6.45) is 0. The van der Waals surface area contributed by atoms with E-state index >= 15 is 0 Å². The lowest BCUT2D eigenvalue weighted by molar-refractivity contribution is 0.0601. The van der Waals surface area contributed by atoms with Crippen molar-refractivity contribution in [1.82, 2.24) is 9.97 Å². The SMILES string of the molecule is COC(=O)c1cccc(Nc2cc(Nc3ccc(C)cc3)nc(C)n2)c1. The van der Waals surface area contributed by atoms with Crippen LogP contribution in [0.4, 0.5) is 23.0 Å². The molecule has 1 heterocycles. The molecule has 0 amide bonds. The van der Waals surface area contributed by atoms with E-state index in [1.54, 1.807) is 18.2 Å². The van der Waals surface area contributed by atoms with Gasteiger partial charge in [-0.3, -0.25) is 0 Å². The number of rotatable bonds is 5. The molecule has 6 nitrogen and oxygen atoms in total. The Morgan fingerprint density at radius 1 is 0.885 bits per heavy atom. The van der Waals surface area contributed by atoms with E-state index in [0.29, 0.717) is 23.0 Å². The fourth-order valence-electron chi connectivity index (χ4n) is 2.47. The van der Waals surface area contributed by atoms with Gasteiger partial charge in [-0.05, 0) is 44.2 Å². The lowest BCUT2D eigenvalue weighted by atomic mass is 10.2. The number of nitrogens with zero attached hydrogens (tertiary/aromatic N) is 2. The van der Waals surface area contributed by atoms with E-state index in [-0.39, 0.29) is 5.97 Å². The Hall–Kier alpha value is -3.41. The highest BCUT2D eigenvalue weighted by atomic mass is 16.5. The molecule has 0 unspecified atom stereocenters. The van der Waals surface area contributed by atoms with Crippen molar-refractivity contribution in [3.05, 3.63) is 71.5 Å². The van der Waals surface area contributed by atoms with Crippen molar-refractivity contribution in [2.45, 2.75) is 13.8 Å². The van der Waals surface area contributed by atoms with Gasteiger partial charge >= 0.3 is 5.97 Å². The van der Waals surface area contributed by atoms with E-state index in [4.69, 9.17) is 4.74 Å². The van der Waals surface area contributed by atoms with Crippen molar-refractivity contribution in [2.24, 2.45) is 0 Å². The molecule has 2 N–H and O–H groups in total. The number of aromatic nitrogens is 2. The molecule has 0 aliphatic rings. The third-order valence-electron chi connectivity index (χ3n) is 3.72. The highest BCUT2D eigenvalue weighted by molar-refractivity contribution is 5.90. The number of aryl methyl sites for hydroxylation is 2. The number of hydrogen-bond donors (Lipinski definition) is 2. The molecular weight excluding hydrogens is 328 g/mol. The molecule has 3 aromatic rings. The number of benzene rings is 2. The van der Waals surface area contributed by atoms with Crippen LogP contribution in [0.3, 0.4) is 0 Å². The summed E-state index contributed by atoms with van der Waals surface area (Å²) in [5.74, 6) is 1.57. The summed E-state index contributed by atoms with van der Waals surface area (Å²) in [5, 5.41) is 6.47. The van der Waals surface area contributed by atoms with Crippen molar-refractivity contribution in [3.63, 3.8) is 0 Å². The largest absolute Gasteiger partial charge is 0.465 e. The van der Waals surface area contributed by atoms with E-state index in [1.165, 1.54) is 12.7 Å². The molecule has 0 saturated carbocycles. The molecule has 3 rings (SSSR count). The molecule has 2 aromatic carbocycles. The van der Waals surface area contributed by atoms with Crippen LogP contribution in [-0.4, -0.2) is 23.0 Å². The average molecular weight is 348 g/mol. The normalized spacial score (nSPS) is 10.3. The van der Waals surface area contributed by atoms with Crippen LogP contribution in [-0.2, 0) is 4.74 Å². The van der Waals surface area contributed by atoms with Gasteiger partial charge in [-0.25, -0.2) is 14.8 Å². The molecule has 0 aliphatic heterocycles. The van der Waals surface area contributed by atoms with E-state index in [2.05, 4.69) is 20.6 Å². The Morgan fingerprint density at radius 2 is 1.54 bits per heavy atom. The Balaban J connectivity index is 1.81. The lowest BCUT2D eigenvalue weighted by Crippen LogP contribution is -2.03. The van der Waals surface area contributed by atoms with Gasteiger partial charge in [0, 0.05) is 17.4 Å². The van der Waals surface area contributed by atoms with Crippen molar-refractivity contribution in [1.29, 1.82) is 0 Å². The molecule has 26 heavy (non-hydrogen) atoms. The number of nitrogens with one attached hydrogen (secondary N) is 2. The number of methoxy groups -OCH3 is 1. The molecule has 0 fully saturated rings. The standard InChI is InChI=1S/C20H20N4O2/c1-13-7-9-16(10-8-13)23-18-12-19(22-14(2)21-18)24-17-6-4-5-15(11-17)20(25)26-3/h4-12H,1-3H3,(H2,21,22,23,24). The van der Waals surface area contributed by atoms with Gasteiger partial charge in [-0.2, -0.15) is 0 Å². The number of ether oxygens (including phenoxy) is 1. The fourth-order valence-corrected chi connectivity index (χ4v) is 2.47. The zero-order valence-corrected chi connectivity index (χ0v) is 14.9. The molecule has 0 atom stereocenters. The van der Waals surface area contributed by atoms with Crippen LogP contribution in [0.5, 0.6) is 0 Å². The lowest BCUT2D eigenvalue weighted by Gasteiger charge is -2.11. The van der Waals surface area contributed by atoms with Gasteiger partial charge < -0.3 is 15.4 Å². The van der Waals surface area contributed by atoms with Crippen LogP contribution in [0, 0.1) is 13.8 Å². The number of anilines is 4. The third kappa shape index (κ3) is 4.36. The minimum Gasteiger partial charge on any atom is -0.465 e. The summed E-state index contributed by atoms with van der Waals surface area (Å²) >= 11 is 0. The van der Waals surface area contributed by atoms with E-state index in [0.717, 1.165) is 11.4 Å². The predicted molar refractivity (Wildman–Crippen MR) is 102 cm³/mol. The zero-order valence-electron chi connectivity index (χ0n) is 14.9. The topological polar surface area (TPSA) is 76.1 Å². The monoisotopic (exact) mass is 348 g/mol. The summed E-state index contributed by atoms with van der Waals surface area (Å²) in [4.78, 5) is 20.5. The van der Waals surface area contributed by atoms with Crippen molar-refractivity contribution < 1.29 is 9.53 Å². The van der Waals surface area contributed by atoms with E-state index in [1.807, 2.05) is 50.2 Å². The summed E-state index contributed by atoms with van der Waals surface area (Å²) < 4.78 is 4.75. The fraction of sp³-hybridized carbons (Fsp3) is 0.150. The molecule has 6 heteroatoms. The van der Waals surface area contributed by atoms with Gasteiger partial charge in [0.05, 0.1) is 12.7 Å². The molecule has 0 spiro atoms. The first kappa shape index (κ1) is 17.4. The minimum atomic E-state index is -0.380. The average Bonchev–Trinajstić information content (AvgIpc) is 2.63. The first-order valence-electron chi connectivity index (χ1n) is 8.18. The van der Waals surface area contributed by atoms with Crippen LogP contribution in [0.1, 0.15) is 21.7 Å².